The van der Waals surface area contributed by atoms with Crippen LogP contribution in [0.1, 0.15) is 23.0 Å². The van der Waals surface area contributed by atoms with Crippen molar-refractivity contribution in [3.05, 3.63) is 70.3 Å². The highest BCUT2D eigenvalue weighted by atomic mass is 16.5. The molecule has 0 spiro atoms. The average molecular weight is 323 g/mol. The van der Waals surface area contributed by atoms with Gasteiger partial charge in [0.15, 0.2) is 0 Å². The summed E-state index contributed by atoms with van der Waals surface area (Å²) < 4.78 is 6.87. The third-order valence-electron chi connectivity index (χ3n) is 3.59. The van der Waals surface area contributed by atoms with E-state index in [1.807, 2.05) is 6.92 Å². The van der Waals surface area contributed by atoms with Crippen LogP contribution in [0.2, 0.25) is 0 Å². The van der Waals surface area contributed by atoms with Gasteiger partial charge in [0.1, 0.15) is 17.1 Å². The lowest BCUT2D eigenvalue weighted by atomic mass is 10.2. The maximum Gasteiger partial charge on any atom is 0.281 e. The predicted molar refractivity (Wildman–Crippen MR) is 91.8 cm³/mol. The van der Waals surface area contributed by atoms with Crippen LogP contribution < -0.4 is 15.6 Å². The molecule has 3 rings (SSSR count). The molecular formula is C18H17N3O3. The number of benzene rings is 1. The number of hydrogen-bond acceptors (Lipinski definition) is 4. The lowest BCUT2D eigenvalue weighted by molar-refractivity contribution is 0.102. The lowest BCUT2D eigenvalue weighted by Gasteiger charge is -2.12. The van der Waals surface area contributed by atoms with Gasteiger partial charge in [-0.2, -0.15) is 0 Å². The minimum atomic E-state index is -0.406. The monoisotopic (exact) mass is 323 g/mol. The molecule has 3 aromatic rings. The summed E-state index contributed by atoms with van der Waals surface area (Å²) in [6.45, 7) is 3.99. The van der Waals surface area contributed by atoms with Crippen LogP contribution >= 0.6 is 0 Å². The number of fused-ring (bicyclic) bond motifs is 1. The normalized spacial score (nSPS) is 10.6. The van der Waals surface area contributed by atoms with Crippen molar-refractivity contribution in [1.29, 1.82) is 0 Å². The van der Waals surface area contributed by atoms with Gasteiger partial charge in [-0.05, 0) is 38.1 Å². The van der Waals surface area contributed by atoms with E-state index >= 15 is 0 Å². The van der Waals surface area contributed by atoms with E-state index in [1.165, 1.54) is 4.40 Å². The molecule has 24 heavy (non-hydrogen) atoms. The fraction of sp³-hybridized carbons (Fsp3) is 0.167. The summed E-state index contributed by atoms with van der Waals surface area (Å²) in [5, 5.41) is 2.67. The molecule has 1 aromatic carbocycles. The summed E-state index contributed by atoms with van der Waals surface area (Å²) in [6, 6.07) is 12.2. The molecule has 0 aliphatic heterocycles. The zero-order chi connectivity index (χ0) is 17.1. The number of aromatic nitrogens is 2. The van der Waals surface area contributed by atoms with Crippen LogP contribution in [0.15, 0.2) is 53.5 Å². The first kappa shape index (κ1) is 15.7. The second kappa shape index (κ2) is 6.54. The molecule has 1 amide bonds. The molecule has 1 N–H and O–H groups in total. The van der Waals surface area contributed by atoms with E-state index in [-0.39, 0.29) is 11.2 Å². The highest BCUT2D eigenvalue weighted by Gasteiger charge is 2.16. The molecule has 2 heterocycles. The first-order valence-corrected chi connectivity index (χ1v) is 7.63. The SMILES string of the molecule is CCOc1ccccc1C(=O)Nc1c(C)nc2ccccn2c1=O. The summed E-state index contributed by atoms with van der Waals surface area (Å²) >= 11 is 0. The third kappa shape index (κ3) is 2.86. The topological polar surface area (TPSA) is 72.7 Å². The Hall–Kier alpha value is -3.15. The van der Waals surface area contributed by atoms with Crippen LogP contribution in [0.25, 0.3) is 5.65 Å². The van der Waals surface area contributed by atoms with E-state index in [4.69, 9.17) is 4.74 Å². The number of carbonyl (C=O) groups is 1. The van der Waals surface area contributed by atoms with E-state index in [0.29, 0.717) is 29.3 Å². The van der Waals surface area contributed by atoms with Crippen LogP contribution in [0.5, 0.6) is 5.75 Å². The molecule has 6 heteroatoms. The average Bonchev–Trinajstić information content (AvgIpc) is 2.59. The Morgan fingerprint density at radius 1 is 1.21 bits per heavy atom. The first-order valence-electron chi connectivity index (χ1n) is 7.63. The molecule has 122 valence electrons. The van der Waals surface area contributed by atoms with Crippen molar-refractivity contribution < 1.29 is 9.53 Å². The molecule has 0 saturated carbocycles. The van der Waals surface area contributed by atoms with Crippen LogP contribution in [0.3, 0.4) is 0 Å². The van der Waals surface area contributed by atoms with Gasteiger partial charge in [0.25, 0.3) is 11.5 Å². The van der Waals surface area contributed by atoms with Crippen molar-refractivity contribution in [3.63, 3.8) is 0 Å². The summed E-state index contributed by atoms with van der Waals surface area (Å²) in [4.78, 5) is 29.5. The fourth-order valence-corrected chi connectivity index (χ4v) is 2.46. The molecule has 0 saturated heterocycles. The number of pyridine rings is 1. The number of rotatable bonds is 4. The number of nitrogens with zero attached hydrogens (tertiary/aromatic N) is 2. The van der Waals surface area contributed by atoms with Gasteiger partial charge in [-0.25, -0.2) is 4.98 Å². The van der Waals surface area contributed by atoms with Crippen LogP contribution in [0.4, 0.5) is 5.69 Å². The standard InChI is InChI=1S/C18H17N3O3/c1-3-24-14-9-5-4-8-13(14)17(22)20-16-12(2)19-15-10-6-7-11-21(15)18(16)23/h4-11H,3H2,1-2H3,(H,20,22). The van der Waals surface area contributed by atoms with Crippen molar-refractivity contribution in [2.45, 2.75) is 13.8 Å². The molecule has 0 atom stereocenters. The third-order valence-corrected chi connectivity index (χ3v) is 3.59. The Balaban J connectivity index is 2.01. The lowest BCUT2D eigenvalue weighted by Crippen LogP contribution is -2.25. The summed E-state index contributed by atoms with van der Waals surface area (Å²) in [5.41, 5.74) is 1.22. The molecule has 0 unspecified atom stereocenters. The smallest absolute Gasteiger partial charge is 0.281 e. The Morgan fingerprint density at radius 2 is 1.96 bits per heavy atom. The van der Waals surface area contributed by atoms with E-state index in [9.17, 15) is 9.59 Å². The number of anilines is 1. The number of ether oxygens (including phenoxy) is 1. The molecule has 0 fully saturated rings. The number of amides is 1. The van der Waals surface area contributed by atoms with Crippen molar-refractivity contribution in [2.24, 2.45) is 0 Å². The molecular weight excluding hydrogens is 306 g/mol. The molecule has 0 bridgehead atoms. The largest absolute Gasteiger partial charge is 0.493 e. The number of nitrogens with one attached hydrogen (secondary N) is 1. The summed E-state index contributed by atoms with van der Waals surface area (Å²) in [5.74, 6) is 0.0703. The zero-order valence-electron chi connectivity index (χ0n) is 13.4. The van der Waals surface area contributed by atoms with E-state index < -0.39 is 5.91 Å². The summed E-state index contributed by atoms with van der Waals surface area (Å²) in [7, 11) is 0. The Labute approximate surface area is 138 Å². The van der Waals surface area contributed by atoms with Crippen molar-refractivity contribution in [2.75, 3.05) is 11.9 Å². The number of aryl methyl sites for hydroxylation is 1. The Kier molecular flexibility index (Phi) is 4.29. The van der Waals surface area contributed by atoms with Gasteiger partial charge in [0, 0.05) is 6.20 Å². The molecule has 0 radical (unpaired) electrons. The van der Waals surface area contributed by atoms with Gasteiger partial charge in [-0.15, -0.1) is 0 Å². The van der Waals surface area contributed by atoms with Crippen molar-refractivity contribution in [1.82, 2.24) is 9.38 Å². The second-order valence-corrected chi connectivity index (χ2v) is 5.19. The van der Waals surface area contributed by atoms with Gasteiger partial charge in [-0.3, -0.25) is 14.0 Å². The molecule has 6 nitrogen and oxygen atoms in total. The first-order chi connectivity index (χ1) is 11.6. The minimum absolute atomic E-state index is 0.162. The van der Waals surface area contributed by atoms with Crippen LogP contribution in [-0.4, -0.2) is 21.9 Å². The van der Waals surface area contributed by atoms with Crippen molar-refractivity contribution >= 4 is 17.2 Å². The number of hydrogen-bond donors (Lipinski definition) is 1. The van der Waals surface area contributed by atoms with Gasteiger partial charge in [0.2, 0.25) is 0 Å². The van der Waals surface area contributed by atoms with Gasteiger partial charge >= 0.3 is 0 Å². The van der Waals surface area contributed by atoms with Gasteiger partial charge < -0.3 is 10.1 Å². The van der Waals surface area contributed by atoms with Gasteiger partial charge in [0.05, 0.1) is 17.9 Å². The highest BCUT2D eigenvalue weighted by molar-refractivity contribution is 6.06. The minimum Gasteiger partial charge on any atom is -0.493 e. The van der Waals surface area contributed by atoms with Gasteiger partial charge in [-0.1, -0.05) is 18.2 Å². The maximum absolute atomic E-state index is 12.6. The quantitative estimate of drug-likeness (QED) is 0.801. The highest BCUT2D eigenvalue weighted by Crippen LogP contribution is 2.19. The molecule has 0 aliphatic rings. The molecule has 0 aliphatic carbocycles. The zero-order valence-corrected chi connectivity index (χ0v) is 13.4. The predicted octanol–water partition coefficient (Wildman–Crippen LogP) is 2.65. The van der Waals surface area contributed by atoms with E-state index in [2.05, 4.69) is 10.3 Å². The number of para-hydroxylation sites is 1. The van der Waals surface area contributed by atoms with E-state index in [1.54, 1.807) is 55.6 Å². The fourth-order valence-electron chi connectivity index (χ4n) is 2.46. The maximum atomic E-state index is 12.6. The Morgan fingerprint density at radius 3 is 2.75 bits per heavy atom. The second-order valence-electron chi connectivity index (χ2n) is 5.19. The Bertz CT molecular complexity index is 963. The summed E-state index contributed by atoms with van der Waals surface area (Å²) in [6.07, 6.45) is 1.62. The van der Waals surface area contributed by atoms with Crippen LogP contribution in [0, 0.1) is 6.92 Å². The van der Waals surface area contributed by atoms with Crippen LogP contribution in [-0.2, 0) is 0 Å². The molecule has 2 aromatic heterocycles. The van der Waals surface area contributed by atoms with Crippen molar-refractivity contribution in [3.8, 4) is 5.75 Å². The van der Waals surface area contributed by atoms with E-state index in [0.717, 1.165) is 0 Å². The number of carbonyl (C=O) groups excluding carboxylic acids is 1.